The van der Waals surface area contributed by atoms with E-state index in [1.807, 2.05) is 36.4 Å². The van der Waals surface area contributed by atoms with E-state index in [-0.39, 0.29) is 18.2 Å². The van der Waals surface area contributed by atoms with Crippen molar-refractivity contribution >= 4 is 40.5 Å². The molecule has 28 heavy (non-hydrogen) atoms. The second kappa shape index (κ2) is 7.81. The molecule has 146 valence electrons. The Morgan fingerprint density at radius 1 is 1.14 bits per heavy atom. The van der Waals surface area contributed by atoms with Crippen molar-refractivity contribution in [1.29, 1.82) is 0 Å². The Morgan fingerprint density at radius 3 is 2.68 bits per heavy atom. The molecule has 2 heterocycles. The van der Waals surface area contributed by atoms with Crippen LogP contribution >= 0.6 is 11.6 Å². The third-order valence-corrected chi connectivity index (χ3v) is 5.61. The van der Waals surface area contributed by atoms with E-state index < -0.39 is 5.92 Å². The largest absolute Gasteiger partial charge is 0.367 e. The molecule has 0 saturated carbocycles. The number of hydrogen-bond donors (Lipinski definition) is 2. The highest BCUT2D eigenvalue weighted by Gasteiger charge is 2.31. The maximum atomic E-state index is 13.1. The van der Waals surface area contributed by atoms with Gasteiger partial charge in [-0.25, -0.2) is 0 Å². The van der Waals surface area contributed by atoms with E-state index in [4.69, 9.17) is 11.6 Å². The summed E-state index contributed by atoms with van der Waals surface area (Å²) in [6.45, 7) is 3.70. The molecule has 2 N–H and O–H groups in total. The number of para-hydroxylation sites is 1. The number of amides is 2. The van der Waals surface area contributed by atoms with Crippen LogP contribution in [0.2, 0.25) is 5.02 Å². The number of hydrogen-bond acceptors (Lipinski definition) is 4. The second-order valence-corrected chi connectivity index (χ2v) is 7.77. The lowest BCUT2D eigenvalue weighted by Gasteiger charge is -2.35. The highest BCUT2D eigenvalue weighted by Crippen LogP contribution is 2.35. The summed E-state index contributed by atoms with van der Waals surface area (Å²) < 4.78 is 0. The zero-order chi connectivity index (χ0) is 19.7. The number of nitrogens with zero attached hydrogens (tertiary/aromatic N) is 2. The number of rotatable bonds is 3. The van der Waals surface area contributed by atoms with Crippen molar-refractivity contribution in [1.82, 2.24) is 4.90 Å². The van der Waals surface area contributed by atoms with Gasteiger partial charge < -0.3 is 20.4 Å². The van der Waals surface area contributed by atoms with Gasteiger partial charge >= 0.3 is 0 Å². The maximum Gasteiger partial charge on any atom is 0.232 e. The van der Waals surface area contributed by atoms with E-state index >= 15 is 0 Å². The Bertz CT molecular complexity index is 909. The van der Waals surface area contributed by atoms with Crippen LogP contribution in [-0.4, -0.2) is 49.9 Å². The van der Waals surface area contributed by atoms with Crippen LogP contribution in [0, 0.1) is 0 Å². The van der Waals surface area contributed by atoms with Gasteiger partial charge in [-0.15, -0.1) is 0 Å². The molecule has 2 amide bonds. The van der Waals surface area contributed by atoms with Gasteiger partial charge in [0.05, 0.1) is 17.3 Å². The van der Waals surface area contributed by atoms with Gasteiger partial charge in [-0.05, 0) is 36.9 Å². The molecular weight excluding hydrogens is 376 g/mol. The summed E-state index contributed by atoms with van der Waals surface area (Å²) in [4.78, 5) is 29.7. The van der Waals surface area contributed by atoms with Crippen LogP contribution in [0.1, 0.15) is 17.9 Å². The minimum atomic E-state index is -0.524. The summed E-state index contributed by atoms with van der Waals surface area (Å²) in [5.74, 6) is -0.867. The van der Waals surface area contributed by atoms with Crippen molar-refractivity contribution < 1.29 is 9.59 Å². The number of benzene rings is 2. The molecule has 2 aliphatic heterocycles. The quantitative estimate of drug-likeness (QED) is 0.833. The number of halogens is 1. The first-order chi connectivity index (χ1) is 13.5. The number of piperazine rings is 1. The summed E-state index contributed by atoms with van der Waals surface area (Å²) in [5, 5.41) is 6.43. The third kappa shape index (κ3) is 3.84. The fraction of sp³-hybridized carbons (Fsp3) is 0.333. The second-order valence-electron chi connectivity index (χ2n) is 7.33. The topological polar surface area (TPSA) is 64.7 Å². The molecule has 1 atom stereocenters. The fourth-order valence-corrected chi connectivity index (χ4v) is 3.97. The number of likely N-dealkylation sites (N-methyl/N-ethyl adjacent to an activating group) is 1. The van der Waals surface area contributed by atoms with E-state index in [1.54, 1.807) is 6.07 Å². The summed E-state index contributed by atoms with van der Waals surface area (Å²) >= 11 is 6.21. The van der Waals surface area contributed by atoms with Gasteiger partial charge in [0.2, 0.25) is 11.8 Å². The first kappa shape index (κ1) is 18.8. The molecule has 2 aliphatic rings. The molecule has 0 aromatic heterocycles. The Balaban J connectivity index is 1.60. The lowest BCUT2D eigenvalue weighted by Crippen LogP contribution is -2.44. The van der Waals surface area contributed by atoms with Crippen molar-refractivity contribution in [2.45, 2.75) is 12.3 Å². The van der Waals surface area contributed by atoms with Gasteiger partial charge in [-0.1, -0.05) is 29.8 Å². The molecule has 4 rings (SSSR count). The van der Waals surface area contributed by atoms with Crippen LogP contribution in [0.3, 0.4) is 0 Å². The molecule has 1 saturated heterocycles. The van der Waals surface area contributed by atoms with Crippen molar-refractivity contribution in [2.24, 2.45) is 0 Å². The zero-order valence-electron chi connectivity index (χ0n) is 15.7. The predicted octanol–water partition coefficient (Wildman–Crippen LogP) is 3.16. The van der Waals surface area contributed by atoms with Gasteiger partial charge in [0, 0.05) is 43.3 Å². The predicted molar refractivity (Wildman–Crippen MR) is 112 cm³/mol. The molecule has 0 radical (unpaired) electrons. The van der Waals surface area contributed by atoms with E-state index in [0.29, 0.717) is 16.4 Å². The van der Waals surface area contributed by atoms with Gasteiger partial charge in [0.15, 0.2) is 0 Å². The van der Waals surface area contributed by atoms with E-state index in [1.165, 1.54) is 0 Å². The number of carbonyl (C=O) groups is 2. The lowest BCUT2D eigenvalue weighted by molar-refractivity contribution is -0.123. The number of fused-ring (bicyclic) bond motifs is 1. The zero-order valence-corrected chi connectivity index (χ0v) is 16.5. The third-order valence-electron chi connectivity index (χ3n) is 5.38. The molecule has 6 nitrogen and oxygen atoms in total. The number of carbonyl (C=O) groups excluding carboxylic acids is 2. The number of anilines is 3. The van der Waals surface area contributed by atoms with E-state index in [9.17, 15) is 9.59 Å². The molecule has 1 unspecified atom stereocenters. The maximum absolute atomic E-state index is 13.1. The summed E-state index contributed by atoms with van der Waals surface area (Å²) in [6.07, 6.45) is 0.132. The average Bonchev–Trinajstić information content (AvgIpc) is 2.68. The number of nitrogens with one attached hydrogen (secondary N) is 2. The highest BCUT2D eigenvalue weighted by atomic mass is 35.5. The highest BCUT2D eigenvalue weighted by molar-refractivity contribution is 6.31. The van der Waals surface area contributed by atoms with Crippen LogP contribution in [0.15, 0.2) is 42.5 Å². The lowest BCUT2D eigenvalue weighted by atomic mass is 9.89. The van der Waals surface area contributed by atoms with Crippen molar-refractivity contribution in [2.75, 3.05) is 48.8 Å². The van der Waals surface area contributed by atoms with Gasteiger partial charge in [0.1, 0.15) is 0 Å². The average molecular weight is 399 g/mol. The van der Waals surface area contributed by atoms with Crippen LogP contribution in [0.4, 0.5) is 17.1 Å². The molecule has 0 aliphatic carbocycles. The monoisotopic (exact) mass is 398 g/mol. The standard InChI is InChI=1S/C21H23ClN4O2/c1-25-8-10-26(11-9-25)19-7-6-14(22)12-18(19)24-21(28)16-13-20(27)23-17-5-3-2-4-15(16)17/h2-7,12,16H,8-11,13H2,1H3,(H,23,27)(H,24,28). The van der Waals surface area contributed by atoms with E-state index in [0.717, 1.165) is 37.4 Å². The van der Waals surface area contributed by atoms with Crippen LogP contribution < -0.4 is 15.5 Å². The van der Waals surface area contributed by atoms with Crippen LogP contribution in [-0.2, 0) is 9.59 Å². The minimum Gasteiger partial charge on any atom is -0.367 e. The van der Waals surface area contributed by atoms with Crippen LogP contribution in [0.5, 0.6) is 0 Å². The van der Waals surface area contributed by atoms with Crippen molar-refractivity contribution in [3.63, 3.8) is 0 Å². The van der Waals surface area contributed by atoms with E-state index in [2.05, 4.69) is 27.5 Å². The van der Waals surface area contributed by atoms with Crippen molar-refractivity contribution in [3.8, 4) is 0 Å². The first-order valence-electron chi connectivity index (χ1n) is 9.44. The Hall–Kier alpha value is -2.57. The molecule has 2 aromatic rings. The SMILES string of the molecule is CN1CCN(c2ccc(Cl)cc2NC(=O)C2CC(=O)Nc3ccccc32)CC1. The smallest absolute Gasteiger partial charge is 0.232 e. The summed E-state index contributed by atoms with van der Waals surface area (Å²) in [7, 11) is 2.10. The molecule has 0 spiro atoms. The first-order valence-corrected chi connectivity index (χ1v) is 9.82. The Morgan fingerprint density at radius 2 is 1.89 bits per heavy atom. The molecule has 7 heteroatoms. The summed E-state index contributed by atoms with van der Waals surface area (Å²) in [5.41, 5.74) is 3.18. The van der Waals surface area contributed by atoms with Gasteiger partial charge in [-0.2, -0.15) is 0 Å². The van der Waals surface area contributed by atoms with Crippen LogP contribution in [0.25, 0.3) is 0 Å². The fourth-order valence-electron chi connectivity index (χ4n) is 3.80. The van der Waals surface area contributed by atoms with Gasteiger partial charge in [0.25, 0.3) is 0 Å². The molecule has 1 fully saturated rings. The van der Waals surface area contributed by atoms with Gasteiger partial charge in [-0.3, -0.25) is 9.59 Å². The summed E-state index contributed by atoms with van der Waals surface area (Å²) in [6, 6.07) is 13.0. The minimum absolute atomic E-state index is 0.132. The molecule has 2 aromatic carbocycles. The Labute approximate surface area is 169 Å². The molecule has 0 bridgehead atoms. The Kier molecular flexibility index (Phi) is 5.24. The van der Waals surface area contributed by atoms with Crippen molar-refractivity contribution in [3.05, 3.63) is 53.1 Å². The molecular formula is C21H23ClN4O2. The normalized spacial score (nSPS) is 19.7.